The van der Waals surface area contributed by atoms with Gasteiger partial charge in [0.05, 0.1) is 25.1 Å². The minimum Gasteiger partial charge on any atom is -0.449 e. The maximum atomic E-state index is 6.34. The van der Waals surface area contributed by atoms with E-state index in [1.165, 1.54) is 5.56 Å². The number of furan rings is 1. The number of anilines is 1. The fraction of sp³-hybridized carbons (Fsp3) is 0.333. The highest BCUT2D eigenvalue weighted by Crippen LogP contribution is 2.33. The van der Waals surface area contributed by atoms with E-state index in [1.807, 2.05) is 24.5 Å². The number of hydrogen-bond donors (Lipinski definition) is 1. The second-order valence-corrected chi connectivity index (χ2v) is 9.64. The van der Waals surface area contributed by atoms with Crippen molar-refractivity contribution in [3.05, 3.63) is 60.0 Å². The maximum Gasteiger partial charge on any atom is 0.253 e. The standard InChI is InChI=1S/C27H30N8O2/c1-18-5-4-6-19(13-18)20-16-28-35(17-20)27-29-23-15-24(22-14-21(31-32-22)7-8-33(2)3)37-25(23)26(30-27)34-9-11-36-12-10-34/h4-6,13-17H,7-12H2,1-3H3,(H,31,32). The van der Waals surface area contributed by atoms with Crippen LogP contribution in [0.4, 0.5) is 5.82 Å². The molecule has 1 N–H and O–H groups in total. The van der Waals surface area contributed by atoms with Crippen LogP contribution in [-0.2, 0) is 11.2 Å². The summed E-state index contributed by atoms with van der Waals surface area (Å²) in [5, 5.41) is 12.2. The van der Waals surface area contributed by atoms with Gasteiger partial charge in [-0.15, -0.1) is 0 Å². The van der Waals surface area contributed by atoms with Crippen molar-refractivity contribution in [1.29, 1.82) is 0 Å². The molecule has 37 heavy (non-hydrogen) atoms. The minimum atomic E-state index is 0.497. The van der Waals surface area contributed by atoms with Crippen LogP contribution >= 0.6 is 0 Å². The Morgan fingerprint density at radius 1 is 1.05 bits per heavy atom. The highest BCUT2D eigenvalue weighted by Gasteiger charge is 2.23. The molecule has 1 aliphatic rings. The second-order valence-electron chi connectivity index (χ2n) is 9.64. The van der Waals surface area contributed by atoms with Gasteiger partial charge in [0.2, 0.25) is 0 Å². The van der Waals surface area contributed by atoms with E-state index in [-0.39, 0.29) is 0 Å². The van der Waals surface area contributed by atoms with Crippen LogP contribution in [0.2, 0.25) is 0 Å². The van der Waals surface area contributed by atoms with Crippen LogP contribution in [0.15, 0.2) is 53.2 Å². The SMILES string of the molecule is Cc1cccc(-c2cnn(-c3nc(N4CCOCC4)c4oc(-c5cc(CCN(C)C)n[nH]5)cc4n3)c2)c1. The highest BCUT2D eigenvalue weighted by molar-refractivity contribution is 5.88. The average molecular weight is 499 g/mol. The molecule has 0 unspecified atom stereocenters. The minimum absolute atomic E-state index is 0.497. The van der Waals surface area contributed by atoms with Gasteiger partial charge in [0.15, 0.2) is 17.2 Å². The lowest BCUT2D eigenvalue weighted by Gasteiger charge is -2.27. The molecule has 0 atom stereocenters. The zero-order valence-electron chi connectivity index (χ0n) is 21.3. The Kier molecular flexibility index (Phi) is 6.19. The Bertz CT molecular complexity index is 1530. The van der Waals surface area contributed by atoms with Gasteiger partial charge in [-0.2, -0.15) is 15.2 Å². The number of nitrogens with zero attached hydrogens (tertiary/aromatic N) is 7. The first-order valence-electron chi connectivity index (χ1n) is 12.5. The Balaban J connectivity index is 1.39. The van der Waals surface area contributed by atoms with E-state index in [0.717, 1.165) is 59.9 Å². The highest BCUT2D eigenvalue weighted by atomic mass is 16.5. The van der Waals surface area contributed by atoms with Gasteiger partial charge in [-0.05, 0) is 32.6 Å². The Hall–Kier alpha value is -4.02. The number of hydrogen-bond acceptors (Lipinski definition) is 8. The number of nitrogens with one attached hydrogen (secondary N) is 1. The van der Waals surface area contributed by atoms with Gasteiger partial charge in [0, 0.05) is 43.9 Å². The first-order chi connectivity index (χ1) is 18.0. The molecule has 4 aromatic heterocycles. The topological polar surface area (TPSA) is 101 Å². The van der Waals surface area contributed by atoms with Crippen molar-refractivity contribution in [1.82, 2.24) is 34.8 Å². The molecule has 1 aromatic carbocycles. The number of rotatable bonds is 7. The number of aryl methyl sites for hydroxylation is 1. The lowest BCUT2D eigenvalue weighted by molar-refractivity contribution is 0.122. The normalized spacial score (nSPS) is 14.2. The summed E-state index contributed by atoms with van der Waals surface area (Å²) in [7, 11) is 4.11. The van der Waals surface area contributed by atoms with E-state index in [2.05, 4.69) is 70.4 Å². The molecule has 1 saturated heterocycles. The number of morpholine rings is 1. The summed E-state index contributed by atoms with van der Waals surface area (Å²) in [5.41, 5.74) is 6.50. The largest absolute Gasteiger partial charge is 0.449 e. The predicted octanol–water partition coefficient (Wildman–Crippen LogP) is 3.71. The first-order valence-corrected chi connectivity index (χ1v) is 12.5. The van der Waals surface area contributed by atoms with Gasteiger partial charge in [-0.3, -0.25) is 5.10 Å². The van der Waals surface area contributed by atoms with Crippen LogP contribution in [0.5, 0.6) is 0 Å². The van der Waals surface area contributed by atoms with Gasteiger partial charge >= 0.3 is 0 Å². The van der Waals surface area contributed by atoms with Gasteiger partial charge in [0.25, 0.3) is 5.95 Å². The number of benzene rings is 1. The summed E-state index contributed by atoms with van der Waals surface area (Å²) in [6, 6.07) is 12.3. The third-order valence-corrected chi connectivity index (χ3v) is 6.50. The van der Waals surface area contributed by atoms with E-state index < -0.39 is 0 Å². The van der Waals surface area contributed by atoms with Crippen LogP contribution in [0.1, 0.15) is 11.3 Å². The van der Waals surface area contributed by atoms with Crippen molar-refractivity contribution >= 4 is 16.9 Å². The molecule has 0 radical (unpaired) electrons. The van der Waals surface area contributed by atoms with Crippen LogP contribution in [0.3, 0.4) is 0 Å². The Morgan fingerprint density at radius 3 is 2.73 bits per heavy atom. The van der Waals surface area contributed by atoms with Crippen LogP contribution in [0, 0.1) is 6.92 Å². The van der Waals surface area contributed by atoms with Gasteiger partial charge in [-0.25, -0.2) is 9.67 Å². The molecular weight excluding hydrogens is 468 g/mol. The fourth-order valence-electron chi connectivity index (χ4n) is 4.49. The summed E-state index contributed by atoms with van der Waals surface area (Å²) in [6.45, 7) is 5.75. The van der Waals surface area contributed by atoms with Gasteiger partial charge in [0.1, 0.15) is 11.2 Å². The summed E-state index contributed by atoms with van der Waals surface area (Å²) in [5.74, 6) is 1.92. The Labute approximate surface area is 214 Å². The van der Waals surface area contributed by atoms with Crippen LogP contribution < -0.4 is 4.90 Å². The van der Waals surface area contributed by atoms with E-state index in [1.54, 1.807) is 4.68 Å². The first kappa shape index (κ1) is 23.4. The summed E-state index contributed by atoms with van der Waals surface area (Å²) >= 11 is 0. The number of fused-ring (bicyclic) bond motifs is 1. The number of H-pyrrole nitrogens is 1. The van der Waals surface area contributed by atoms with E-state index in [0.29, 0.717) is 30.5 Å². The molecule has 0 bridgehead atoms. The monoisotopic (exact) mass is 498 g/mol. The molecule has 5 heterocycles. The zero-order valence-corrected chi connectivity index (χ0v) is 21.3. The molecule has 0 spiro atoms. The van der Waals surface area contributed by atoms with E-state index >= 15 is 0 Å². The molecule has 0 saturated carbocycles. The molecule has 1 aliphatic heterocycles. The Morgan fingerprint density at radius 2 is 1.92 bits per heavy atom. The maximum absolute atomic E-state index is 6.34. The van der Waals surface area contributed by atoms with Gasteiger partial charge in [-0.1, -0.05) is 29.8 Å². The fourth-order valence-corrected chi connectivity index (χ4v) is 4.49. The van der Waals surface area contributed by atoms with Crippen LogP contribution in [0.25, 0.3) is 39.6 Å². The summed E-state index contributed by atoms with van der Waals surface area (Å²) in [4.78, 5) is 14.1. The lowest BCUT2D eigenvalue weighted by Crippen LogP contribution is -2.37. The van der Waals surface area contributed by atoms with Crippen molar-refractivity contribution in [3.63, 3.8) is 0 Å². The van der Waals surface area contributed by atoms with Gasteiger partial charge < -0.3 is 19.0 Å². The van der Waals surface area contributed by atoms with Crippen LogP contribution in [-0.4, -0.2) is 81.8 Å². The molecule has 5 aromatic rings. The van der Waals surface area contributed by atoms with Crippen molar-refractivity contribution in [3.8, 4) is 28.5 Å². The molecule has 190 valence electrons. The number of aromatic nitrogens is 6. The van der Waals surface area contributed by atoms with E-state index in [9.17, 15) is 0 Å². The summed E-state index contributed by atoms with van der Waals surface area (Å²) < 4.78 is 13.6. The van der Waals surface area contributed by atoms with Crippen molar-refractivity contribution in [2.24, 2.45) is 0 Å². The van der Waals surface area contributed by atoms with Crippen molar-refractivity contribution in [2.75, 3.05) is 51.8 Å². The predicted molar refractivity (Wildman–Crippen MR) is 142 cm³/mol. The third-order valence-electron chi connectivity index (χ3n) is 6.50. The second kappa shape index (κ2) is 9.79. The molecule has 0 aliphatic carbocycles. The zero-order chi connectivity index (χ0) is 25.4. The smallest absolute Gasteiger partial charge is 0.253 e. The van der Waals surface area contributed by atoms with Crippen molar-refractivity contribution in [2.45, 2.75) is 13.3 Å². The molecule has 0 amide bonds. The number of aromatic amines is 1. The van der Waals surface area contributed by atoms with Crippen molar-refractivity contribution < 1.29 is 9.15 Å². The molecular formula is C27H30N8O2. The number of ether oxygens (including phenoxy) is 1. The molecule has 10 heteroatoms. The number of likely N-dealkylation sites (N-methyl/N-ethyl adjacent to an activating group) is 1. The third kappa shape index (κ3) is 4.85. The summed E-state index contributed by atoms with van der Waals surface area (Å²) in [6.07, 6.45) is 4.67. The molecule has 1 fully saturated rings. The van der Waals surface area contributed by atoms with E-state index in [4.69, 9.17) is 19.1 Å². The quantitative estimate of drug-likeness (QED) is 0.362. The lowest BCUT2D eigenvalue weighted by atomic mass is 10.1. The molecule has 6 rings (SSSR count). The molecule has 10 nitrogen and oxygen atoms in total. The average Bonchev–Trinajstić information content (AvgIpc) is 3.67.